The molecule has 0 aromatic carbocycles. The summed E-state index contributed by atoms with van der Waals surface area (Å²) in [4.78, 5) is 9.78. The highest BCUT2D eigenvalue weighted by Crippen LogP contribution is 2.00. The molecule has 0 saturated heterocycles. The van der Waals surface area contributed by atoms with Crippen molar-refractivity contribution in [3.05, 3.63) is 0 Å². The van der Waals surface area contributed by atoms with Gasteiger partial charge >= 0.3 is 0 Å². The highest BCUT2D eigenvalue weighted by Gasteiger charge is 2.06. The number of hydrogen-bond donors (Lipinski definition) is 2. The van der Waals surface area contributed by atoms with Gasteiger partial charge in [-0.25, -0.2) is 0 Å². The van der Waals surface area contributed by atoms with Crippen LogP contribution in [0.25, 0.3) is 0 Å². The Kier molecular flexibility index (Phi) is 6.11. The monoisotopic (exact) mass is 148 g/mol. The Balaban J connectivity index is 3.38. The molecule has 0 fully saturated rings. The lowest BCUT2D eigenvalue weighted by Crippen LogP contribution is -2.15. The predicted molar refractivity (Wildman–Crippen MR) is 34.3 cm³/mol. The zero-order valence-corrected chi connectivity index (χ0v) is 5.69. The lowest BCUT2D eigenvalue weighted by Gasteiger charge is -2.10. The van der Waals surface area contributed by atoms with E-state index in [1.807, 2.05) is 0 Å². The van der Waals surface area contributed by atoms with Gasteiger partial charge in [-0.15, -0.1) is 0 Å². The van der Waals surface area contributed by atoms with E-state index >= 15 is 0 Å². The molecule has 0 amide bonds. The van der Waals surface area contributed by atoms with Crippen molar-refractivity contribution in [2.45, 2.75) is 18.9 Å². The van der Waals surface area contributed by atoms with Crippen molar-refractivity contribution in [3.8, 4) is 0 Å². The molecule has 2 N–H and O–H groups in total. The standard InChI is InChI=1S/C6H12O4/c7-3-1-6(2-4-8)10-5-9/h5-8H,1-4H2. The fourth-order valence-electron chi connectivity index (χ4n) is 0.647. The van der Waals surface area contributed by atoms with Crippen LogP contribution in [-0.4, -0.2) is 36.0 Å². The van der Waals surface area contributed by atoms with Crippen molar-refractivity contribution >= 4 is 6.47 Å². The Morgan fingerprint density at radius 3 is 2.10 bits per heavy atom. The van der Waals surface area contributed by atoms with Gasteiger partial charge in [0.05, 0.1) is 0 Å². The molecular weight excluding hydrogens is 136 g/mol. The summed E-state index contributed by atoms with van der Waals surface area (Å²) in [7, 11) is 0. The number of carbonyl (C=O) groups excluding carboxylic acids is 1. The summed E-state index contributed by atoms with van der Waals surface area (Å²) in [5.74, 6) is 0. The maximum Gasteiger partial charge on any atom is 0.293 e. The minimum atomic E-state index is -0.340. The Labute approximate surface area is 59.4 Å². The maximum absolute atomic E-state index is 9.78. The minimum Gasteiger partial charge on any atom is -0.464 e. The van der Waals surface area contributed by atoms with Gasteiger partial charge in [-0.05, 0) is 0 Å². The molecule has 0 saturated carbocycles. The van der Waals surface area contributed by atoms with Gasteiger partial charge in [0.25, 0.3) is 6.47 Å². The molecule has 0 heterocycles. The van der Waals surface area contributed by atoms with Crippen LogP contribution in [0.3, 0.4) is 0 Å². The van der Waals surface area contributed by atoms with Crippen LogP contribution in [-0.2, 0) is 9.53 Å². The van der Waals surface area contributed by atoms with Gasteiger partial charge in [-0.3, -0.25) is 4.79 Å². The lowest BCUT2D eigenvalue weighted by atomic mass is 10.2. The van der Waals surface area contributed by atoms with Crippen LogP contribution >= 0.6 is 0 Å². The van der Waals surface area contributed by atoms with Gasteiger partial charge in [0.1, 0.15) is 6.10 Å². The predicted octanol–water partition coefficient (Wildman–Crippen LogP) is -0.707. The van der Waals surface area contributed by atoms with Gasteiger partial charge in [-0.2, -0.15) is 0 Å². The molecule has 0 aliphatic rings. The molecule has 0 atom stereocenters. The summed E-state index contributed by atoms with van der Waals surface area (Å²) >= 11 is 0. The van der Waals surface area contributed by atoms with Gasteiger partial charge in [0.15, 0.2) is 0 Å². The summed E-state index contributed by atoms with van der Waals surface area (Å²) < 4.78 is 4.52. The maximum atomic E-state index is 9.78. The first-order valence-electron chi connectivity index (χ1n) is 3.16. The quantitative estimate of drug-likeness (QED) is 0.488. The van der Waals surface area contributed by atoms with E-state index in [0.29, 0.717) is 19.3 Å². The minimum absolute atomic E-state index is 0.0293. The molecule has 4 nitrogen and oxygen atoms in total. The largest absolute Gasteiger partial charge is 0.464 e. The average molecular weight is 148 g/mol. The highest BCUT2D eigenvalue weighted by molar-refractivity contribution is 5.37. The number of rotatable bonds is 6. The van der Waals surface area contributed by atoms with Crippen LogP contribution in [0.4, 0.5) is 0 Å². The van der Waals surface area contributed by atoms with E-state index in [4.69, 9.17) is 10.2 Å². The molecule has 0 bridgehead atoms. The van der Waals surface area contributed by atoms with Gasteiger partial charge in [0.2, 0.25) is 0 Å². The Bertz CT molecular complexity index is 77.8. The van der Waals surface area contributed by atoms with Crippen LogP contribution in [0, 0.1) is 0 Å². The molecule has 0 spiro atoms. The van der Waals surface area contributed by atoms with Crippen LogP contribution in [0.5, 0.6) is 0 Å². The van der Waals surface area contributed by atoms with E-state index in [1.54, 1.807) is 0 Å². The number of ether oxygens (including phenoxy) is 1. The molecule has 0 aliphatic heterocycles. The zero-order valence-electron chi connectivity index (χ0n) is 5.69. The number of aliphatic hydroxyl groups is 2. The van der Waals surface area contributed by atoms with E-state index in [2.05, 4.69) is 4.74 Å². The number of hydrogen-bond acceptors (Lipinski definition) is 4. The van der Waals surface area contributed by atoms with Crippen molar-refractivity contribution < 1.29 is 19.7 Å². The van der Waals surface area contributed by atoms with Crippen molar-refractivity contribution in [1.82, 2.24) is 0 Å². The van der Waals surface area contributed by atoms with E-state index in [1.165, 1.54) is 0 Å². The number of carbonyl (C=O) groups is 1. The topological polar surface area (TPSA) is 66.8 Å². The summed E-state index contributed by atoms with van der Waals surface area (Å²) in [6, 6.07) is 0. The smallest absolute Gasteiger partial charge is 0.293 e. The third kappa shape index (κ3) is 4.29. The first kappa shape index (κ1) is 9.39. The van der Waals surface area contributed by atoms with Gasteiger partial charge in [0, 0.05) is 26.1 Å². The number of aliphatic hydroxyl groups excluding tert-OH is 2. The lowest BCUT2D eigenvalue weighted by molar-refractivity contribution is -0.134. The molecule has 4 heteroatoms. The van der Waals surface area contributed by atoms with E-state index in [-0.39, 0.29) is 19.3 Å². The second-order valence-corrected chi connectivity index (χ2v) is 1.88. The van der Waals surface area contributed by atoms with Crippen LogP contribution < -0.4 is 0 Å². The molecule has 0 aromatic rings. The average Bonchev–Trinajstić information content (AvgIpc) is 1.90. The van der Waals surface area contributed by atoms with Crippen LogP contribution in [0.1, 0.15) is 12.8 Å². The zero-order chi connectivity index (χ0) is 7.82. The Morgan fingerprint density at radius 1 is 1.30 bits per heavy atom. The Morgan fingerprint density at radius 2 is 1.80 bits per heavy atom. The molecule has 0 rings (SSSR count). The molecule has 0 aromatic heterocycles. The van der Waals surface area contributed by atoms with E-state index < -0.39 is 0 Å². The van der Waals surface area contributed by atoms with E-state index in [9.17, 15) is 4.79 Å². The molecule has 0 radical (unpaired) electrons. The highest BCUT2D eigenvalue weighted by atomic mass is 16.5. The molecular formula is C6H12O4. The summed E-state index contributed by atoms with van der Waals surface area (Å²) in [6.45, 7) is 0.271. The summed E-state index contributed by atoms with van der Waals surface area (Å²) in [5.41, 5.74) is 0. The Hall–Kier alpha value is -0.610. The van der Waals surface area contributed by atoms with Crippen LogP contribution in [0.15, 0.2) is 0 Å². The van der Waals surface area contributed by atoms with Crippen molar-refractivity contribution in [1.29, 1.82) is 0 Å². The summed E-state index contributed by atoms with van der Waals surface area (Å²) in [6.07, 6.45) is 0.436. The first-order valence-corrected chi connectivity index (χ1v) is 3.16. The fraction of sp³-hybridized carbons (Fsp3) is 0.833. The van der Waals surface area contributed by atoms with Gasteiger partial charge in [-0.1, -0.05) is 0 Å². The van der Waals surface area contributed by atoms with Gasteiger partial charge < -0.3 is 14.9 Å². The summed E-state index contributed by atoms with van der Waals surface area (Å²) in [5, 5.41) is 16.8. The fourth-order valence-corrected chi connectivity index (χ4v) is 0.647. The molecule has 60 valence electrons. The SMILES string of the molecule is O=COC(CCO)CCO. The second-order valence-electron chi connectivity index (χ2n) is 1.88. The normalized spacial score (nSPS) is 9.90. The van der Waals surface area contributed by atoms with Crippen LogP contribution in [0.2, 0.25) is 0 Å². The van der Waals surface area contributed by atoms with E-state index in [0.717, 1.165) is 0 Å². The first-order chi connectivity index (χ1) is 4.85. The third-order valence-electron chi connectivity index (χ3n) is 1.15. The van der Waals surface area contributed by atoms with Crippen molar-refractivity contribution in [2.75, 3.05) is 13.2 Å². The third-order valence-corrected chi connectivity index (χ3v) is 1.15. The molecule has 10 heavy (non-hydrogen) atoms. The molecule has 0 unspecified atom stereocenters. The van der Waals surface area contributed by atoms with Crippen molar-refractivity contribution in [2.24, 2.45) is 0 Å². The van der Waals surface area contributed by atoms with Crippen molar-refractivity contribution in [3.63, 3.8) is 0 Å². The second kappa shape index (κ2) is 6.51. The molecule has 0 aliphatic carbocycles.